The zero-order chi connectivity index (χ0) is 10.7. The van der Waals surface area contributed by atoms with Crippen LogP contribution in [0.3, 0.4) is 0 Å². The van der Waals surface area contributed by atoms with E-state index in [1.165, 1.54) is 0 Å². The number of nitro groups is 1. The van der Waals surface area contributed by atoms with Crippen molar-refractivity contribution in [1.82, 2.24) is 4.98 Å². The molecule has 0 unspecified atom stereocenters. The number of rotatable bonds is 3. The van der Waals surface area contributed by atoms with Gasteiger partial charge >= 0.3 is 5.69 Å². The Hall–Kier alpha value is -1.66. The van der Waals surface area contributed by atoms with Gasteiger partial charge in [-0.1, -0.05) is 0 Å². The predicted molar refractivity (Wildman–Crippen MR) is 40.7 cm³/mol. The highest BCUT2D eigenvalue weighted by Gasteiger charge is 2.26. The van der Waals surface area contributed by atoms with Gasteiger partial charge in [0.1, 0.15) is 12.4 Å². The molecule has 0 N–H and O–H groups in total. The van der Waals surface area contributed by atoms with Crippen molar-refractivity contribution < 1.29 is 18.1 Å². The zero-order valence-electron chi connectivity index (χ0n) is 6.78. The molecule has 0 aromatic carbocycles. The van der Waals surface area contributed by atoms with Crippen molar-refractivity contribution >= 4 is 5.69 Å². The summed E-state index contributed by atoms with van der Waals surface area (Å²) in [4.78, 5) is 12.6. The highest BCUT2D eigenvalue weighted by molar-refractivity contribution is 5.44. The Kier molecular flexibility index (Phi) is 3.00. The van der Waals surface area contributed by atoms with Crippen molar-refractivity contribution in [2.75, 3.05) is 0 Å². The molecule has 1 rings (SSSR count). The molecule has 0 atom stereocenters. The maximum absolute atomic E-state index is 12.2. The lowest BCUT2D eigenvalue weighted by atomic mass is 10.2. The van der Waals surface area contributed by atoms with E-state index in [0.717, 1.165) is 12.3 Å². The van der Waals surface area contributed by atoms with Crippen LogP contribution in [-0.2, 0) is 6.67 Å². The van der Waals surface area contributed by atoms with Crippen LogP contribution >= 0.6 is 0 Å². The van der Waals surface area contributed by atoms with Crippen LogP contribution in [0.25, 0.3) is 0 Å². The molecule has 76 valence electrons. The van der Waals surface area contributed by atoms with Crippen molar-refractivity contribution in [3.63, 3.8) is 0 Å². The van der Waals surface area contributed by atoms with Gasteiger partial charge < -0.3 is 0 Å². The summed E-state index contributed by atoms with van der Waals surface area (Å²) >= 11 is 0. The number of aromatic nitrogens is 1. The smallest absolute Gasteiger partial charge is 0.258 e. The van der Waals surface area contributed by atoms with Gasteiger partial charge in [0, 0.05) is 6.20 Å². The molecule has 0 spiro atoms. The van der Waals surface area contributed by atoms with Gasteiger partial charge in [-0.2, -0.15) is 0 Å². The van der Waals surface area contributed by atoms with Gasteiger partial charge in [-0.15, -0.1) is 0 Å². The average molecular weight is 206 g/mol. The van der Waals surface area contributed by atoms with Crippen LogP contribution in [0.1, 0.15) is 17.7 Å². The lowest BCUT2D eigenvalue weighted by Gasteiger charge is -2.03. The molecular weight excluding hydrogens is 201 g/mol. The number of alkyl halides is 3. The Balaban J connectivity index is 3.35. The number of nitrogens with zero attached hydrogens (tertiary/aromatic N) is 2. The zero-order valence-corrected chi connectivity index (χ0v) is 6.78. The molecule has 1 heterocycles. The van der Waals surface area contributed by atoms with Gasteiger partial charge in [0.15, 0.2) is 0 Å². The van der Waals surface area contributed by atoms with Crippen molar-refractivity contribution in [1.29, 1.82) is 0 Å². The fraction of sp³-hybridized carbons (Fsp3) is 0.286. The first-order chi connectivity index (χ1) is 6.57. The van der Waals surface area contributed by atoms with Gasteiger partial charge in [0.2, 0.25) is 0 Å². The summed E-state index contributed by atoms with van der Waals surface area (Å²) < 4.78 is 36.7. The van der Waals surface area contributed by atoms with E-state index in [1.54, 1.807) is 0 Å². The number of halogens is 3. The van der Waals surface area contributed by atoms with Crippen molar-refractivity contribution in [2.45, 2.75) is 13.1 Å². The Morgan fingerprint density at radius 3 is 2.64 bits per heavy atom. The molecule has 1 aromatic heterocycles. The maximum atomic E-state index is 12.2. The first kappa shape index (κ1) is 10.4. The van der Waals surface area contributed by atoms with Crippen molar-refractivity contribution in [3.05, 3.63) is 33.6 Å². The van der Waals surface area contributed by atoms with Crippen LogP contribution in [0.4, 0.5) is 18.9 Å². The van der Waals surface area contributed by atoms with E-state index in [0.29, 0.717) is 0 Å². The standard InChI is InChI=1S/C7H5F3N2O2/c8-3-5-6(12(13)14)4(7(9)10)1-2-11-5/h1-2,7H,3H2. The highest BCUT2D eigenvalue weighted by Crippen LogP contribution is 2.30. The highest BCUT2D eigenvalue weighted by atomic mass is 19.3. The number of hydrogen-bond acceptors (Lipinski definition) is 3. The Morgan fingerprint density at radius 2 is 2.21 bits per heavy atom. The second-order valence-electron chi connectivity index (χ2n) is 2.39. The van der Waals surface area contributed by atoms with E-state index in [2.05, 4.69) is 4.98 Å². The minimum absolute atomic E-state index is 0.576. The molecule has 0 fully saturated rings. The molecule has 0 amide bonds. The van der Waals surface area contributed by atoms with Gasteiger partial charge in [-0.3, -0.25) is 15.1 Å². The van der Waals surface area contributed by atoms with E-state index in [1.807, 2.05) is 0 Å². The lowest BCUT2D eigenvalue weighted by molar-refractivity contribution is -0.387. The topological polar surface area (TPSA) is 56.0 Å². The quantitative estimate of drug-likeness (QED) is 0.563. The van der Waals surface area contributed by atoms with Gasteiger partial charge in [0.25, 0.3) is 6.43 Å². The second-order valence-corrected chi connectivity index (χ2v) is 2.39. The van der Waals surface area contributed by atoms with Crippen LogP contribution in [-0.4, -0.2) is 9.91 Å². The fourth-order valence-corrected chi connectivity index (χ4v) is 0.999. The Morgan fingerprint density at radius 1 is 1.57 bits per heavy atom. The molecule has 0 aliphatic carbocycles. The molecule has 0 radical (unpaired) electrons. The summed E-state index contributed by atoms with van der Waals surface area (Å²) in [5.41, 5.74) is -2.32. The maximum Gasteiger partial charge on any atom is 0.302 e. The van der Waals surface area contributed by atoms with Crippen LogP contribution in [0.5, 0.6) is 0 Å². The summed E-state index contributed by atoms with van der Waals surface area (Å²) in [6.07, 6.45) is -2.09. The van der Waals surface area contributed by atoms with Crippen LogP contribution in [0.15, 0.2) is 12.3 Å². The third-order valence-electron chi connectivity index (χ3n) is 1.58. The summed E-state index contributed by atoms with van der Waals surface area (Å²) in [5.74, 6) is 0. The SMILES string of the molecule is O=[N+]([O-])c1c(C(F)F)ccnc1CF. The third-order valence-corrected chi connectivity index (χ3v) is 1.58. The minimum atomic E-state index is -3.01. The summed E-state index contributed by atoms with van der Waals surface area (Å²) in [7, 11) is 0. The normalized spacial score (nSPS) is 10.6. The molecule has 14 heavy (non-hydrogen) atoms. The van der Waals surface area contributed by atoms with Crippen molar-refractivity contribution in [2.24, 2.45) is 0 Å². The average Bonchev–Trinajstić information content (AvgIpc) is 2.16. The lowest BCUT2D eigenvalue weighted by Crippen LogP contribution is -2.02. The van der Waals surface area contributed by atoms with E-state index < -0.39 is 35.0 Å². The molecule has 0 aliphatic rings. The Bertz CT molecular complexity index is 357. The molecule has 0 bridgehead atoms. The molecule has 0 aliphatic heterocycles. The van der Waals surface area contributed by atoms with Crippen LogP contribution in [0.2, 0.25) is 0 Å². The largest absolute Gasteiger partial charge is 0.302 e. The van der Waals surface area contributed by atoms with Crippen LogP contribution in [0, 0.1) is 10.1 Å². The predicted octanol–water partition coefficient (Wildman–Crippen LogP) is 2.40. The second kappa shape index (κ2) is 4.03. The number of pyridine rings is 1. The first-order valence-corrected chi connectivity index (χ1v) is 3.54. The van der Waals surface area contributed by atoms with Crippen LogP contribution < -0.4 is 0 Å². The van der Waals surface area contributed by atoms with E-state index in [9.17, 15) is 23.3 Å². The van der Waals surface area contributed by atoms with E-state index in [-0.39, 0.29) is 0 Å². The number of hydrogen-bond donors (Lipinski definition) is 0. The molecule has 7 heteroatoms. The van der Waals surface area contributed by atoms with Crippen molar-refractivity contribution in [3.8, 4) is 0 Å². The third kappa shape index (κ3) is 1.81. The summed E-state index contributed by atoms with van der Waals surface area (Å²) in [6.45, 7) is -1.24. The van der Waals surface area contributed by atoms with Gasteiger partial charge in [0.05, 0.1) is 10.5 Å². The first-order valence-electron chi connectivity index (χ1n) is 3.54. The van der Waals surface area contributed by atoms with Gasteiger partial charge in [-0.25, -0.2) is 13.2 Å². The van der Waals surface area contributed by atoms with Gasteiger partial charge in [-0.05, 0) is 6.07 Å². The monoisotopic (exact) mass is 206 g/mol. The molecule has 4 nitrogen and oxygen atoms in total. The van der Waals surface area contributed by atoms with E-state index >= 15 is 0 Å². The molecule has 1 aromatic rings. The Labute approximate surface area is 76.5 Å². The van der Waals surface area contributed by atoms with E-state index in [4.69, 9.17) is 0 Å². The fourth-order valence-electron chi connectivity index (χ4n) is 0.999. The molecule has 0 saturated carbocycles. The molecule has 0 saturated heterocycles. The minimum Gasteiger partial charge on any atom is -0.258 e. The molecular formula is C7H5F3N2O2. The summed E-state index contributed by atoms with van der Waals surface area (Å²) in [5, 5.41) is 10.4. The summed E-state index contributed by atoms with van der Waals surface area (Å²) in [6, 6.07) is 0.807.